The number of hydrogen-bond donors (Lipinski definition) is 0. The lowest BCUT2D eigenvalue weighted by Crippen LogP contribution is -2.32. The van der Waals surface area contributed by atoms with Crippen LogP contribution in [0, 0.1) is 11.8 Å². The van der Waals surface area contributed by atoms with Gasteiger partial charge in [0.25, 0.3) is 0 Å². The first kappa shape index (κ1) is 32.6. The summed E-state index contributed by atoms with van der Waals surface area (Å²) in [6, 6.07) is 58.4. The van der Waals surface area contributed by atoms with Crippen LogP contribution in [-0.4, -0.2) is 0 Å². The van der Waals surface area contributed by atoms with Crippen molar-refractivity contribution < 1.29 is 0 Å². The van der Waals surface area contributed by atoms with Crippen molar-refractivity contribution in [3.63, 3.8) is 0 Å². The van der Waals surface area contributed by atoms with Crippen LogP contribution in [0.4, 0.5) is 17.1 Å². The maximum atomic E-state index is 2.62. The summed E-state index contributed by atoms with van der Waals surface area (Å²) in [4.78, 5) is 2.60. The maximum absolute atomic E-state index is 2.62. The summed E-state index contributed by atoms with van der Waals surface area (Å²) in [6.45, 7) is 9.59. The molecule has 7 aromatic rings. The van der Waals surface area contributed by atoms with Gasteiger partial charge in [-0.25, -0.2) is 0 Å². The molecule has 1 spiro atoms. The van der Waals surface area contributed by atoms with Crippen LogP contribution in [0.1, 0.15) is 86.8 Å². The largest absolute Gasteiger partial charge is 0.310 e. The molecule has 1 nitrogen and oxygen atoms in total. The third-order valence-corrected chi connectivity index (χ3v) is 15.1. The van der Waals surface area contributed by atoms with E-state index in [0.717, 1.165) is 5.92 Å². The molecular formula is C55H47N. The van der Waals surface area contributed by atoms with Crippen molar-refractivity contribution in [2.75, 3.05) is 4.90 Å². The Balaban J connectivity index is 1.10. The molecule has 0 N–H and O–H groups in total. The van der Waals surface area contributed by atoms with Gasteiger partial charge in [0.1, 0.15) is 0 Å². The average Bonchev–Trinajstić information content (AvgIpc) is 4.02. The number of hydrogen-bond acceptors (Lipinski definition) is 1. The molecule has 3 unspecified atom stereocenters. The van der Waals surface area contributed by atoms with E-state index in [0.29, 0.717) is 5.92 Å². The van der Waals surface area contributed by atoms with Crippen LogP contribution < -0.4 is 4.90 Å². The molecule has 12 rings (SSSR count). The maximum Gasteiger partial charge on any atom is 0.0543 e. The lowest BCUT2D eigenvalue weighted by atomic mass is 9.67. The normalized spacial score (nSPS) is 22.0. The average molecular weight is 722 g/mol. The topological polar surface area (TPSA) is 3.24 Å². The zero-order valence-corrected chi connectivity index (χ0v) is 32.9. The highest BCUT2D eigenvalue weighted by atomic mass is 15.1. The minimum atomic E-state index is -0.0995. The van der Waals surface area contributed by atoms with Gasteiger partial charge in [-0.2, -0.15) is 0 Å². The van der Waals surface area contributed by atoms with Gasteiger partial charge in [-0.1, -0.05) is 155 Å². The van der Waals surface area contributed by atoms with E-state index in [2.05, 4.69) is 184 Å². The summed E-state index contributed by atoms with van der Waals surface area (Å²) in [5.41, 5.74) is 23.3. The van der Waals surface area contributed by atoms with Crippen LogP contribution in [0.25, 0.3) is 44.5 Å². The molecule has 272 valence electrons. The Hall–Kier alpha value is -5.66. The molecule has 0 aromatic heterocycles. The molecule has 1 heteroatoms. The highest BCUT2D eigenvalue weighted by Crippen LogP contribution is 2.66. The van der Waals surface area contributed by atoms with Crippen LogP contribution >= 0.6 is 0 Å². The highest BCUT2D eigenvalue weighted by Gasteiger charge is 2.56. The lowest BCUT2D eigenvalue weighted by molar-refractivity contribution is 0.327. The van der Waals surface area contributed by atoms with Gasteiger partial charge >= 0.3 is 0 Å². The Morgan fingerprint density at radius 3 is 1.84 bits per heavy atom. The van der Waals surface area contributed by atoms with Crippen molar-refractivity contribution in [3.05, 3.63) is 185 Å². The van der Waals surface area contributed by atoms with Gasteiger partial charge in [-0.3, -0.25) is 0 Å². The summed E-state index contributed by atoms with van der Waals surface area (Å²) in [7, 11) is 0. The van der Waals surface area contributed by atoms with Gasteiger partial charge in [0.2, 0.25) is 0 Å². The lowest BCUT2D eigenvalue weighted by Gasteiger charge is -2.37. The molecule has 5 aliphatic rings. The molecule has 0 radical (unpaired) electrons. The Morgan fingerprint density at radius 1 is 0.464 bits per heavy atom. The van der Waals surface area contributed by atoms with Crippen LogP contribution in [0.3, 0.4) is 0 Å². The summed E-state index contributed by atoms with van der Waals surface area (Å²) in [6.07, 6.45) is 5.37. The molecule has 56 heavy (non-hydrogen) atoms. The van der Waals surface area contributed by atoms with E-state index in [1.54, 1.807) is 11.1 Å². The molecule has 0 heterocycles. The van der Waals surface area contributed by atoms with E-state index in [-0.39, 0.29) is 16.2 Å². The van der Waals surface area contributed by atoms with Crippen molar-refractivity contribution in [2.24, 2.45) is 11.8 Å². The van der Waals surface area contributed by atoms with Crippen molar-refractivity contribution in [2.45, 2.75) is 69.6 Å². The highest BCUT2D eigenvalue weighted by molar-refractivity contribution is 5.97. The molecule has 0 amide bonds. The predicted molar refractivity (Wildman–Crippen MR) is 233 cm³/mol. The molecule has 0 saturated heterocycles. The molecule has 2 bridgehead atoms. The molecule has 2 saturated carbocycles. The van der Waals surface area contributed by atoms with Crippen molar-refractivity contribution in [3.8, 4) is 44.5 Å². The fraction of sp³-hybridized carbons (Fsp3) is 0.236. The van der Waals surface area contributed by atoms with Crippen molar-refractivity contribution in [1.82, 2.24) is 0 Å². The molecule has 0 aliphatic heterocycles. The van der Waals surface area contributed by atoms with Crippen LogP contribution in [0.5, 0.6) is 0 Å². The van der Waals surface area contributed by atoms with Crippen molar-refractivity contribution in [1.29, 1.82) is 0 Å². The van der Waals surface area contributed by atoms with Gasteiger partial charge < -0.3 is 4.90 Å². The van der Waals surface area contributed by atoms with Crippen LogP contribution in [0.2, 0.25) is 0 Å². The summed E-state index contributed by atoms with van der Waals surface area (Å²) < 4.78 is 0. The standard InChI is InChI=1S/C55H47N/c1-53(2)46-22-9-7-18-44(46)51-48(53)24-13-25-50(51)56(38-28-29-42-40-16-6-10-23-47(40)55(49(42)32-38)33-34-26-27-36(55)30-34)37-15-11-14-35(31-37)39-19-12-20-43-41-17-5-8-21-45(41)54(3,4)52(39)43/h5-25,28-29,31-32,34,36H,26-27,30,33H2,1-4H3. The van der Waals surface area contributed by atoms with Gasteiger partial charge in [0.15, 0.2) is 0 Å². The number of nitrogens with zero attached hydrogens (tertiary/aromatic N) is 1. The minimum Gasteiger partial charge on any atom is -0.310 e. The monoisotopic (exact) mass is 721 g/mol. The fourth-order valence-electron chi connectivity index (χ4n) is 12.8. The van der Waals surface area contributed by atoms with E-state index < -0.39 is 0 Å². The second kappa shape index (κ2) is 11.2. The number of anilines is 3. The van der Waals surface area contributed by atoms with Gasteiger partial charge in [0.05, 0.1) is 5.69 Å². The van der Waals surface area contributed by atoms with Crippen molar-refractivity contribution >= 4 is 17.1 Å². The Kier molecular flexibility index (Phi) is 6.53. The fourth-order valence-corrected chi connectivity index (χ4v) is 12.8. The van der Waals surface area contributed by atoms with Crippen LogP contribution in [-0.2, 0) is 16.2 Å². The van der Waals surface area contributed by atoms with E-state index in [1.165, 1.54) is 110 Å². The molecule has 2 fully saturated rings. The first-order valence-corrected chi connectivity index (χ1v) is 20.9. The summed E-state index contributed by atoms with van der Waals surface area (Å²) in [5.74, 6) is 1.54. The zero-order chi connectivity index (χ0) is 37.6. The smallest absolute Gasteiger partial charge is 0.0543 e. The number of rotatable bonds is 4. The van der Waals surface area contributed by atoms with E-state index >= 15 is 0 Å². The first-order valence-electron chi connectivity index (χ1n) is 20.9. The molecule has 3 atom stereocenters. The van der Waals surface area contributed by atoms with E-state index in [1.807, 2.05) is 0 Å². The second-order valence-electron chi connectivity index (χ2n) is 18.5. The summed E-state index contributed by atoms with van der Waals surface area (Å²) in [5, 5.41) is 0. The minimum absolute atomic E-state index is 0.0899. The first-order chi connectivity index (χ1) is 27.3. The predicted octanol–water partition coefficient (Wildman–Crippen LogP) is 14.5. The Morgan fingerprint density at radius 2 is 1.07 bits per heavy atom. The Bertz CT molecular complexity index is 2800. The molecule has 5 aliphatic carbocycles. The number of benzene rings is 7. The summed E-state index contributed by atoms with van der Waals surface area (Å²) >= 11 is 0. The molecule has 7 aromatic carbocycles. The third kappa shape index (κ3) is 4.11. The quantitative estimate of drug-likeness (QED) is 0.175. The SMILES string of the molecule is CC1(C)c2ccccc2-c2c(N(c3cccc(-c4cccc5c4C(C)(C)c4ccccc4-5)c3)c3ccc4c(c3)C3(CC5CCC3C5)c3ccccc3-4)cccc21. The van der Waals surface area contributed by atoms with Gasteiger partial charge in [-0.05, 0) is 134 Å². The van der Waals surface area contributed by atoms with Gasteiger partial charge in [-0.15, -0.1) is 0 Å². The van der Waals surface area contributed by atoms with E-state index in [9.17, 15) is 0 Å². The zero-order valence-electron chi connectivity index (χ0n) is 32.9. The van der Waals surface area contributed by atoms with E-state index in [4.69, 9.17) is 0 Å². The molecular weight excluding hydrogens is 675 g/mol. The number of fused-ring (bicyclic) bond motifs is 14. The Labute approximate surface area is 331 Å². The second-order valence-corrected chi connectivity index (χ2v) is 18.5. The van der Waals surface area contributed by atoms with Gasteiger partial charge in [0, 0.05) is 33.2 Å². The van der Waals surface area contributed by atoms with Crippen LogP contribution in [0.15, 0.2) is 152 Å². The third-order valence-electron chi connectivity index (χ3n) is 15.1.